The van der Waals surface area contributed by atoms with Crippen LogP contribution in [0.2, 0.25) is 5.22 Å². The van der Waals surface area contributed by atoms with Crippen LogP contribution >= 0.6 is 23.4 Å². The van der Waals surface area contributed by atoms with Crippen molar-refractivity contribution in [3.63, 3.8) is 0 Å². The second-order valence-corrected chi connectivity index (χ2v) is 4.92. The standard InChI is InChI=1S/C10H14ClNOS/c11-10-4-3-9(13-10)7-14-6-8-2-1-5-12-8/h3-4,8,12H,1-2,5-7H2. The first-order valence-electron chi connectivity index (χ1n) is 4.90. The molecule has 1 fully saturated rings. The summed E-state index contributed by atoms with van der Waals surface area (Å²) in [5.41, 5.74) is 0. The van der Waals surface area contributed by atoms with Crippen LogP contribution in [0, 0.1) is 0 Å². The average molecular weight is 232 g/mol. The second kappa shape index (κ2) is 5.10. The molecule has 1 N–H and O–H groups in total. The highest BCUT2D eigenvalue weighted by molar-refractivity contribution is 7.98. The van der Waals surface area contributed by atoms with Gasteiger partial charge >= 0.3 is 0 Å². The van der Waals surface area contributed by atoms with Gasteiger partial charge in [0.2, 0.25) is 0 Å². The van der Waals surface area contributed by atoms with E-state index in [1.807, 2.05) is 17.8 Å². The van der Waals surface area contributed by atoms with Crippen molar-refractivity contribution in [3.05, 3.63) is 23.1 Å². The minimum Gasteiger partial charge on any atom is -0.449 e. The fraction of sp³-hybridized carbons (Fsp3) is 0.600. The molecule has 1 aliphatic heterocycles. The van der Waals surface area contributed by atoms with E-state index in [0.717, 1.165) is 17.3 Å². The quantitative estimate of drug-likeness (QED) is 0.863. The molecule has 0 spiro atoms. The molecule has 1 atom stereocenters. The van der Waals surface area contributed by atoms with E-state index in [9.17, 15) is 0 Å². The SMILES string of the molecule is Clc1ccc(CSCC2CCCN2)o1. The summed E-state index contributed by atoms with van der Waals surface area (Å²) in [4.78, 5) is 0. The molecule has 1 unspecified atom stereocenters. The van der Waals surface area contributed by atoms with Gasteiger partial charge in [-0.15, -0.1) is 0 Å². The molecule has 0 radical (unpaired) electrons. The van der Waals surface area contributed by atoms with E-state index in [0.29, 0.717) is 11.3 Å². The molecule has 2 rings (SSSR count). The maximum Gasteiger partial charge on any atom is 0.193 e. The van der Waals surface area contributed by atoms with E-state index >= 15 is 0 Å². The van der Waals surface area contributed by atoms with Gasteiger partial charge in [-0.25, -0.2) is 0 Å². The van der Waals surface area contributed by atoms with E-state index in [2.05, 4.69) is 5.32 Å². The van der Waals surface area contributed by atoms with Crippen LogP contribution in [0.25, 0.3) is 0 Å². The Balaban J connectivity index is 1.67. The van der Waals surface area contributed by atoms with Gasteiger partial charge in [-0.3, -0.25) is 0 Å². The van der Waals surface area contributed by atoms with Crippen molar-refractivity contribution in [2.45, 2.75) is 24.6 Å². The Hall–Kier alpha value is -0.120. The molecule has 4 heteroatoms. The molecule has 0 aromatic carbocycles. The fourth-order valence-electron chi connectivity index (χ4n) is 1.63. The van der Waals surface area contributed by atoms with Gasteiger partial charge in [-0.2, -0.15) is 11.8 Å². The Bertz CT molecular complexity index is 283. The maximum atomic E-state index is 5.68. The minimum absolute atomic E-state index is 0.486. The third-order valence-corrected chi connectivity index (χ3v) is 3.68. The third kappa shape index (κ3) is 2.94. The Labute approximate surface area is 93.4 Å². The normalized spacial score (nSPS) is 21.6. The van der Waals surface area contributed by atoms with Crippen LogP contribution in [0.5, 0.6) is 0 Å². The van der Waals surface area contributed by atoms with Crippen molar-refractivity contribution in [2.75, 3.05) is 12.3 Å². The topological polar surface area (TPSA) is 25.2 Å². The third-order valence-electron chi connectivity index (χ3n) is 2.35. The Morgan fingerprint density at radius 3 is 3.14 bits per heavy atom. The van der Waals surface area contributed by atoms with E-state index in [4.69, 9.17) is 16.0 Å². The van der Waals surface area contributed by atoms with Crippen molar-refractivity contribution in [2.24, 2.45) is 0 Å². The number of nitrogens with one attached hydrogen (secondary N) is 1. The van der Waals surface area contributed by atoms with Crippen molar-refractivity contribution in [1.29, 1.82) is 0 Å². The molecule has 2 nitrogen and oxygen atoms in total. The smallest absolute Gasteiger partial charge is 0.193 e. The van der Waals surface area contributed by atoms with E-state index in [-0.39, 0.29) is 0 Å². The van der Waals surface area contributed by atoms with Gasteiger partial charge in [0.05, 0.1) is 5.75 Å². The molecule has 1 aromatic heterocycles. The van der Waals surface area contributed by atoms with Crippen molar-refractivity contribution in [3.8, 4) is 0 Å². The summed E-state index contributed by atoms with van der Waals surface area (Å²) in [5, 5.41) is 3.96. The van der Waals surface area contributed by atoms with E-state index < -0.39 is 0 Å². The summed E-state index contributed by atoms with van der Waals surface area (Å²) >= 11 is 7.58. The van der Waals surface area contributed by atoms with Gasteiger partial charge in [0, 0.05) is 11.8 Å². The van der Waals surface area contributed by atoms with Gasteiger partial charge < -0.3 is 9.73 Å². The van der Waals surface area contributed by atoms with Crippen LogP contribution < -0.4 is 5.32 Å². The summed E-state index contributed by atoms with van der Waals surface area (Å²) in [5.74, 6) is 3.06. The number of hydrogen-bond donors (Lipinski definition) is 1. The summed E-state index contributed by atoms with van der Waals surface area (Å²) in [6.07, 6.45) is 2.63. The molecule has 0 amide bonds. The number of hydrogen-bond acceptors (Lipinski definition) is 3. The van der Waals surface area contributed by atoms with Crippen molar-refractivity contribution in [1.82, 2.24) is 5.32 Å². The predicted molar refractivity (Wildman–Crippen MR) is 60.9 cm³/mol. The first-order valence-corrected chi connectivity index (χ1v) is 6.43. The van der Waals surface area contributed by atoms with Gasteiger partial charge in [0.25, 0.3) is 0 Å². The van der Waals surface area contributed by atoms with E-state index in [1.54, 1.807) is 6.07 Å². The number of thioether (sulfide) groups is 1. The zero-order valence-corrected chi connectivity index (χ0v) is 9.53. The number of rotatable bonds is 4. The van der Waals surface area contributed by atoms with Crippen LogP contribution in [0.15, 0.2) is 16.5 Å². The average Bonchev–Trinajstić information content (AvgIpc) is 2.77. The highest BCUT2D eigenvalue weighted by Crippen LogP contribution is 2.20. The highest BCUT2D eigenvalue weighted by Gasteiger charge is 2.13. The monoisotopic (exact) mass is 231 g/mol. The van der Waals surface area contributed by atoms with Crippen LogP contribution in [-0.2, 0) is 5.75 Å². The molecule has 0 aliphatic carbocycles. The Kier molecular flexibility index (Phi) is 3.79. The molecule has 0 saturated carbocycles. The molecular weight excluding hydrogens is 218 g/mol. The molecule has 2 heterocycles. The first kappa shape index (κ1) is 10.4. The minimum atomic E-state index is 0.486. The molecule has 1 aliphatic rings. The van der Waals surface area contributed by atoms with Gasteiger partial charge in [0.15, 0.2) is 5.22 Å². The lowest BCUT2D eigenvalue weighted by molar-refractivity contribution is 0.532. The largest absolute Gasteiger partial charge is 0.449 e. The lowest BCUT2D eigenvalue weighted by atomic mass is 10.3. The highest BCUT2D eigenvalue weighted by atomic mass is 35.5. The zero-order valence-electron chi connectivity index (χ0n) is 7.96. The van der Waals surface area contributed by atoms with Gasteiger partial charge in [0.1, 0.15) is 5.76 Å². The maximum absolute atomic E-state index is 5.68. The van der Waals surface area contributed by atoms with Crippen LogP contribution in [0.1, 0.15) is 18.6 Å². The summed E-state index contributed by atoms with van der Waals surface area (Å²) in [7, 11) is 0. The fourth-order valence-corrected chi connectivity index (χ4v) is 2.84. The lowest BCUT2D eigenvalue weighted by Crippen LogP contribution is -2.23. The number of halogens is 1. The summed E-state index contributed by atoms with van der Waals surface area (Å²) in [6, 6.07) is 4.44. The first-order chi connectivity index (χ1) is 6.84. The summed E-state index contributed by atoms with van der Waals surface area (Å²) in [6.45, 7) is 1.18. The lowest BCUT2D eigenvalue weighted by Gasteiger charge is -2.07. The predicted octanol–water partition coefficient (Wildman–Crippen LogP) is 2.92. The zero-order chi connectivity index (χ0) is 9.80. The number of furan rings is 1. The van der Waals surface area contributed by atoms with Crippen molar-refractivity contribution < 1.29 is 4.42 Å². The van der Waals surface area contributed by atoms with Crippen LogP contribution in [0.3, 0.4) is 0 Å². The van der Waals surface area contributed by atoms with Gasteiger partial charge in [-0.05, 0) is 43.1 Å². The van der Waals surface area contributed by atoms with E-state index in [1.165, 1.54) is 19.4 Å². The molecule has 0 bridgehead atoms. The molecule has 1 saturated heterocycles. The van der Waals surface area contributed by atoms with Gasteiger partial charge in [-0.1, -0.05) is 0 Å². The second-order valence-electron chi connectivity index (χ2n) is 3.51. The molecular formula is C10H14ClNOS. The van der Waals surface area contributed by atoms with Crippen molar-refractivity contribution >= 4 is 23.4 Å². The van der Waals surface area contributed by atoms with Crippen LogP contribution in [0.4, 0.5) is 0 Å². The molecule has 1 aromatic rings. The Morgan fingerprint density at radius 2 is 2.50 bits per heavy atom. The van der Waals surface area contributed by atoms with Crippen LogP contribution in [-0.4, -0.2) is 18.3 Å². The Morgan fingerprint density at radius 1 is 1.57 bits per heavy atom. The molecule has 78 valence electrons. The molecule has 14 heavy (non-hydrogen) atoms. The summed E-state index contributed by atoms with van der Waals surface area (Å²) < 4.78 is 5.27.